The molecule has 100 valence electrons. The van der Waals surface area contributed by atoms with Gasteiger partial charge < -0.3 is 5.32 Å². The van der Waals surface area contributed by atoms with Gasteiger partial charge in [-0.15, -0.1) is 0 Å². The quantitative estimate of drug-likeness (QED) is 0.838. The third-order valence-electron chi connectivity index (χ3n) is 2.69. The van der Waals surface area contributed by atoms with Crippen molar-refractivity contribution < 1.29 is 4.39 Å². The van der Waals surface area contributed by atoms with Gasteiger partial charge >= 0.3 is 0 Å². The zero-order valence-corrected chi connectivity index (χ0v) is 12.5. The lowest BCUT2D eigenvalue weighted by Gasteiger charge is -2.11. The molecular formula is C13H13FIN3O. The molecule has 19 heavy (non-hydrogen) atoms. The van der Waals surface area contributed by atoms with E-state index < -0.39 is 0 Å². The van der Waals surface area contributed by atoms with E-state index in [1.807, 2.05) is 22.6 Å². The number of nitrogens with zero attached hydrogens (tertiary/aromatic N) is 2. The first kappa shape index (κ1) is 14.0. The van der Waals surface area contributed by atoms with E-state index in [1.54, 1.807) is 29.8 Å². The molecule has 0 aliphatic rings. The number of nitrogens with one attached hydrogen (secondary N) is 1. The number of halogens is 2. The average Bonchev–Trinajstić information content (AvgIpc) is 2.38. The summed E-state index contributed by atoms with van der Waals surface area (Å²) in [7, 11) is 0. The van der Waals surface area contributed by atoms with E-state index in [4.69, 9.17) is 0 Å². The molecule has 0 unspecified atom stereocenters. The van der Waals surface area contributed by atoms with Crippen LogP contribution in [0.15, 0.2) is 35.3 Å². The molecule has 1 N–H and O–H groups in total. The molecule has 0 saturated heterocycles. The second kappa shape index (κ2) is 6.14. The van der Waals surface area contributed by atoms with Gasteiger partial charge in [0.05, 0.1) is 3.57 Å². The van der Waals surface area contributed by atoms with E-state index in [0.717, 1.165) is 0 Å². The zero-order valence-electron chi connectivity index (χ0n) is 10.4. The standard InChI is InChI=1S/C13H13FIN3O/c1-9-17-8-12(15)13(19)18(9)6-5-16-11-4-2-3-10(14)7-11/h2-4,7-8,16H,5-6H2,1H3. The molecule has 2 rings (SSSR count). The Bertz CT molecular complexity index is 642. The van der Waals surface area contributed by atoms with Crippen molar-refractivity contribution in [2.75, 3.05) is 11.9 Å². The summed E-state index contributed by atoms with van der Waals surface area (Å²) in [6.07, 6.45) is 1.56. The van der Waals surface area contributed by atoms with Crippen molar-refractivity contribution in [3.8, 4) is 0 Å². The Labute approximate surface area is 123 Å². The lowest BCUT2D eigenvalue weighted by molar-refractivity contribution is 0.626. The molecule has 0 spiro atoms. The van der Waals surface area contributed by atoms with Crippen LogP contribution in [0.1, 0.15) is 5.82 Å². The van der Waals surface area contributed by atoms with Crippen molar-refractivity contribution in [3.63, 3.8) is 0 Å². The molecule has 0 aliphatic heterocycles. The lowest BCUT2D eigenvalue weighted by atomic mass is 10.3. The fourth-order valence-corrected chi connectivity index (χ4v) is 2.16. The van der Waals surface area contributed by atoms with E-state index in [9.17, 15) is 9.18 Å². The van der Waals surface area contributed by atoms with E-state index in [0.29, 0.717) is 28.2 Å². The normalized spacial score (nSPS) is 10.5. The van der Waals surface area contributed by atoms with E-state index in [-0.39, 0.29) is 11.4 Å². The van der Waals surface area contributed by atoms with Crippen molar-refractivity contribution in [3.05, 3.63) is 56.0 Å². The van der Waals surface area contributed by atoms with Crippen LogP contribution in [-0.4, -0.2) is 16.1 Å². The van der Waals surface area contributed by atoms with Crippen molar-refractivity contribution in [2.24, 2.45) is 0 Å². The van der Waals surface area contributed by atoms with Gasteiger partial charge in [-0.3, -0.25) is 9.36 Å². The van der Waals surface area contributed by atoms with Crippen LogP contribution in [0.3, 0.4) is 0 Å². The number of aryl methyl sites for hydroxylation is 1. The molecule has 0 aliphatic carbocycles. The first-order valence-corrected chi connectivity index (χ1v) is 6.87. The Kier molecular flexibility index (Phi) is 4.52. The summed E-state index contributed by atoms with van der Waals surface area (Å²) >= 11 is 1.97. The minimum absolute atomic E-state index is 0.0471. The third kappa shape index (κ3) is 3.52. The van der Waals surface area contributed by atoms with Crippen LogP contribution in [0.2, 0.25) is 0 Å². The number of rotatable bonds is 4. The predicted octanol–water partition coefficient (Wildman–Crippen LogP) is 2.41. The smallest absolute Gasteiger partial charge is 0.266 e. The molecule has 0 bridgehead atoms. The Balaban J connectivity index is 2.04. The maximum Gasteiger partial charge on any atom is 0.266 e. The average molecular weight is 373 g/mol. The molecule has 0 fully saturated rings. The van der Waals surface area contributed by atoms with Gasteiger partial charge in [-0.25, -0.2) is 9.37 Å². The monoisotopic (exact) mass is 373 g/mol. The van der Waals surface area contributed by atoms with E-state index >= 15 is 0 Å². The first-order valence-electron chi connectivity index (χ1n) is 5.79. The molecule has 0 amide bonds. The molecule has 0 saturated carbocycles. The summed E-state index contributed by atoms with van der Waals surface area (Å²) in [5.41, 5.74) is 0.651. The minimum atomic E-state index is -0.283. The number of hydrogen-bond acceptors (Lipinski definition) is 3. The van der Waals surface area contributed by atoms with Gasteiger partial charge in [-0.05, 0) is 47.7 Å². The minimum Gasteiger partial charge on any atom is -0.383 e. The summed E-state index contributed by atoms with van der Waals surface area (Å²) in [4.78, 5) is 16.1. The summed E-state index contributed by atoms with van der Waals surface area (Å²) in [6, 6.07) is 6.24. The second-order valence-electron chi connectivity index (χ2n) is 4.05. The van der Waals surface area contributed by atoms with Crippen molar-refractivity contribution in [1.29, 1.82) is 0 Å². The fourth-order valence-electron chi connectivity index (χ4n) is 1.72. The fraction of sp³-hybridized carbons (Fsp3) is 0.231. The maximum absolute atomic E-state index is 13.0. The second-order valence-corrected chi connectivity index (χ2v) is 5.21. The highest BCUT2D eigenvalue weighted by Gasteiger charge is 2.04. The number of benzene rings is 1. The van der Waals surface area contributed by atoms with Crippen molar-refractivity contribution in [2.45, 2.75) is 13.5 Å². The molecule has 4 nitrogen and oxygen atoms in total. The number of aromatic nitrogens is 2. The molecule has 1 aromatic carbocycles. The SMILES string of the molecule is Cc1ncc(I)c(=O)n1CCNc1cccc(F)c1. The molecule has 1 aromatic heterocycles. The van der Waals surface area contributed by atoms with Crippen LogP contribution in [0.4, 0.5) is 10.1 Å². The Morgan fingerprint density at radius 1 is 1.47 bits per heavy atom. The third-order valence-corrected chi connectivity index (χ3v) is 3.43. The largest absolute Gasteiger partial charge is 0.383 e. The van der Waals surface area contributed by atoms with Gasteiger partial charge in [0.15, 0.2) is 0 Å². The highest BCUT2D eigenvalue weighted by atomic mass is 127. The molecule has 2 aromatic rings. The summed E-state index contributed by atoms with van der Waals surface area (Å²) in [5, 5.41) is 3.08. The molecular weight excluding hydrogens is 360 g/mol. The zero-order chi connectivity index (χ0) is 13.8. The van der Waals surface area contributed by atoms with Gasteiger partial charge in [0.1, 0.15) is 11.6 Å². The molecule has 0 atom stereocenters. The first-order chi connectivity index (χ1) is 9.08. The van der Waals surface area contributed by atoms with Gasteiger partial charge in [-0.1, -0.05) is 6.07 Å². The van der Waals surface area contributed by atoms with Crippen LogP contribution < -0.4 is 10.9 Å². The van der Waals surface area contributed by atoms with Crippen LogP contribution in [0.25, 0.3) is 0 Å². The van der Waals surface area contributed by atoms with Crippen molar-refractivity contribution in [1.82, 2.24) is 9.55 Å². The Hall–Kier alpha value is -1.44. The lowest BCUT2D eigenvalue weighted by Crippen LogP contribution is -2.28. The molecule has 0 radical (unpaired) electrons. The number of anilines is 1. The topological polar surface area (TPSA) is 46.9 Å². The Morgan fingerprint density at radius 2 is 2.26 bits per heavy atom. The van der Waals surface area contributed by atoms with Crippen LogP contribution in [-0.2, 0) is 6.54 Å². The van der Waals surface area contributed by atoms with Crippen LogP contribution >= 0.6 is 22.6 Å². The summed E-state index contributed by atoms with van der Waals surface area (Å²) in [6.45, 7) is 2.82. The highest BCUT2D eigenvalue weighted by molar-refractivity contribution is 14.1. The van der Waals surface area contributed by atoms with Crippen LogP contribution in [0, 0.1) is 16.3 Å². The Morgan fingerprint density at radius 3 is 3.00 bits per heavy atom. The molecule has 1 heterocycles. The summed E-state index contributed by atoms with van der Waals surface area (Å²) < 4.78 is 15.2. The van der Waals surface area contributed by atoms with Crippen molar-refractivity contribution >= 4 is 28.3 Å². The van der Waals surface area contributed by atoms with Gasteiger partial charge in [0.25, 0.3) is 5.56 Å². The van der Waals surface area contributed by atoms with Gasteiger partial charge in [-0.2, -0.15) is 0 Å². The maximum atomic E-state index is 13.0. The van der Waals surface area contributed by atoms with Gasteiger partial charge in [0.2, 0.25) is 0 Å². The highest BCUT2D eigenvalue weighted by Crippen LogP contribution is 2.08. The van der Waals surface area contributed by atoms with Crippen LogP contribution in [0.5, 0.6) is 0 Å². The summed E-state index contributed by atoms with van der Waals surface area (Å²) in [5.74, 6) is 0.390. The predicted molar refractivity (Wildman–Crippen MR) is 80.8 cm³/mol. The molecule has 6 heteroatoms. The van der Waals surface area contributed by atoms with E-state index in [1.165, 1.54) is 12.1 Å². The van der Waals surface area contributed by atoms with E-state index in [2.05, 4.69) is 10.3 Å². The number of hydrogen-bond donors (Lipinski definition) is 1. The van der Waals surface area contributed by atoms with Gasteiger partial charge in [0, 0.05) is 25.0 Å².